The summed E-state index contributed by atoms with van der Waals surface area (Å²) in [5.41, 5.74) is 0.829. The molecule has 0 bridgehead atoms. The van der Waals surface area contributed by atoms with Crippen molar-refractivity contribution >= 4 is 29.3 Å². The molecule has 5 rings (SSSR count). The van der Waals surface area contributed by atoms with Crippen LogP contribution in [-0.2, 0) is 9.53 Å². The molecule has 0 radical (unpaired) electrons. The first-order valence-corrected chi connectivity index (χ1v) is 12.1. The first-order chi connectivity index (χ1) is 17.3. The zero-order chi connectivity index (χ0) is 25.4. The Kier molecular flexibility index (Phi) is 6.51. The molecule has 3 fully saturated rings. The van der Waals surface area contributed by atoms with Gasteiger partial charge >= 0.3 is 6.09 Å². The van der Waals surface area contributed by atoms with E-state index in [0.29, 0.717) is 31.0 Å². The number of rotatable bonds is 5. The van der Waals surface area contributed by atoms with E-state index in [1.54, 1.807) is 29.2 Å². The van der Waals surface area contributed by atoms with Crippen molar-refractivity contribution in [1.82, 2.24) is 10.2 Å². The van der Waals surface area contributed by atoms with Crippen LogP contribution in [0.25, 0.3) is 0 Å². The van der Waals surface area contributed by atoms with Crippen LogP contribution in [0, 0.1) is 17.6 Å². The lowest BCUT2D eigenvalue weighted by atomic mass is 9.91. The Morgan fingerprint density at radius 3 is 2.64 bits per heavy atom. The lowest BCUT2D eigenvalue weighted by Gasteiger charge is -2.37. The van der Waals surface area contributed by atoms with Crippen LogP contribution in [-0.4, -0.2) is 67.7 Å². The van der Waals surface area contributed by atoms with E-state index in [1.165, 1.54) is 30.0 Å². The molecular weight excluding hydrogens is 470 g/mol. The number of nitrogens with one attached hydrogen (secondary N) is 1. The zero-order valence-corrected chi connectivity index (χ0v) is 20.0. The third kappa shape index (κ3) is 4.59. The molecule has 8 nitrogen and oxygen atoms in total. The highest BCUT2D eigenvalue weighted by Crippen LogP contribution is 2.36. The SMILES string of the molecule is CC(=O)NCC1CN(c2ccc(N3CC4CCCN(C(=O)c5ccccc5F)[C@H]4C3)c(F)c2)C(=O)O1. The second-order valence-electron chi connectivity index (χ2n) is 9.54. The van der Waals surface area contributed by atoms with Crippen molar-refractivity contribution in [3.05, 3.63) is 59.7 Å². The molecule has 2 unspecified atom stereocenters. The van der Waals surface area contributed by atoms with Crippen LogP contribution in [0.1, 0.15) is 30.1 Å². The number of hydrogen-bond acceptors (Lipinski definition) is 5. The van der Waals surface area contributed by atoms with Gasteiger partial charge in [0.05, 0.1) is 36.1 Å². The molecule has 0 aliphatic carbocycles. The Labute approximate surface area is 207 Å². The largest absolute Gasteiger partial charge is 0.442 e. The van der Waals surface area contributed by atoms with E-state index in [2.05, 4.69) is 5.32 Å². The van der Waals surface area contributed by atoms with Crippen molar-refractivity contribution in [2.24, 2.45) is 5.92 Å². The molecule has 190 valence electrons. The number of amides is 3. The minimum atomic E-state index is -0.591. The van der Waals surface area contributed by atoms with Gasteiger partial charge in [0, 0.05) is 26.6 Å². The molecule has 3 aliphatic heterocycles. The summed E-state index contributed by atoms with van der Waals surface area (Å²) < 4.78 is 34.8. The van der Waals surface area contributed by atoms with Gasteiger partial charge in [-0.05, 0) is 49.1 Å². The van der Waals surface area contributed by atoms with Gasteiger partial charge in [-0.25, -0.2) is 13.6 Å². The van der Waals surface area contributed by atoms with Crippen molar-refractivity contribution in [3.8, 4) is 0 Å². The second kappa shape index (κ2) is 9.75. The minimum absolute atomic E-state index is 0.0569. The molecule has 0 spiro atoms. The van der Waals surface area contributed by atoms with Crippen molar-refractivity contribution in [1.29, 1.82) is 0 Å². The van der Waals surface area contributed by atoms with E-state index in [1.807, 2.05) is 4.90 Å². The highest BCUT2D eigenvalue weighted by atomic mass is 19.1. The van der Waals surface area contributed by atoms with E-state index in [-0.39, 0.29) is 42.4 Å². The van der Waals surface area contributed by atoms with Crippen molar-refractivity contribution in [3.63, 3.8) is 0 Å². The summed E-state index contributed by atoms with van der Waals surface area (Å²) in [6.45, 7) is 3.36. The predicted octanol–water partition coefficient (Wildman–Crippen LogP) is 3.17. The maximum Gasteiger partial charge on any atom is 0.414 e. The fraction of sp³-hybridized carbons (Fsp3) is 0.423. The van der Waals surface area contributed by atoms with Gasteiger partial charge in [-0.3, -0.25) is 14.5 Å². The normalized spacial score (nSPS) is 23.5. The number of halogens is 2. The number of likely N-dealkylation sites (tertiary alicyclic amines) is 1. The summed E-state index contributed by atoms with van der Waals surface area (Å²) in [6, 6.07) is 10.5. The number of hydrogen-bond donors (Lipinski definition) is 1. The second-order valence-corrected chi connectivity index (χ2v) is 9.54. The topological polar surface area (TPSA) is 82.2 Å². The summed E-state index contributed by atoms with van der Waals surface area (Å²) in [6.07, 6.45) is 0.626. The first kappa shape index (κ1) is 24.0. The smallest absolute Gasteiger partial charge is 0.414 e. The molecule has 3 heterocycles. The van der Waals surface area contributed by atoms with E-state index < -0.39 is 23.8 Å². The van der Waals surface area contributed by atoms with Gasteiger partial charge in [-0.2, -0.15) is 0 Å². The van der Waals surface area contributed by atoms with Crippen molar-refractivity contribution in [2.45, 2.75) is 31.9 Å². The average molecular weight is 499 g/mol. The predicted molar refractivity (Wildman–Crippen MR) is 129 cm³/mol. The molecular formula is C26H28F2N4O4. The van der Waals surface area contributed by atoms with Crippen LogP contribution in [0.15, 0.2) is 42.5 Å². The molecule has 1 N–H and O–H groups in total. The van der Waals surface area contributed by atoms with Crippen LogP contribution in [0.4, 0.5) is 25.0 Å². The Balaban J connectivity index is 1.29. The molecule has 3 atom stereocenters. The van der Waals surface area contributed by atoms with E-state index in [0.717, 1.165) is 12.8 Å². The third-order valence-corrected chi connectivity index (χ3v) is 7.18. The number of ether oxygens (including phenoxy) is 1. The van der Waals surface area contributed by atoms with Crippen molar-refractivity contribution < 1.29 is 27.9 Å². The highest BCUT2D eigenvalue weighted by Gasteiger charge is 2.42. The number of piperidine rings is 1. The standard InChI is InChI=1S/C26H28F2N4O4/c1-16(33)29-12-19-14-32(26(35)36-19)18-8-9-23(22(28)11-18)30-13-17-5-4-10-31(24(17)15-30)25(34)20-6-2-3-7-21(20)27/h2-3,6-9,11,17,19,24H,4-5,10,12-15H2,1H3,(H,29,33)/t17?,19?,24-/m0/s1. The quantitative estimate of drug-likeness (QED) is 0.685. The third-order valence-electron chi connectivity index (χ3n) is 7.18. The van der Waals surface area contributed by atoms with E-state index >= 15 is 4.39 Å². The molecule has 3 aliphatic rings. The summed E-state index contributed by atoms with van der Waals surface area (Å²) in [7, 11) is 0. The highest BCUT2D eigenvalue weighted by molar-refractivity contribution is 5.95. The van der Waals surface area contributed by atoms with Crippen LogP contribution >= 0.6 is 0 Å². The molecule has 10 heteroatoms. The number of carbonyl (C=O) groups is 3. The van der Waals surface area contributed by atoms with Gasteiger partial charge in [0.15, 0.2) is 0 Å². The summed E-state index contributed by atoms with van der Waals surface area (Å²) in [5, 5.41) is 2.61. The fourth-order valence-corrected chi connectivity index (χ4v) is 5.44. The van der Waals surface area contributed by atoms with E-state index in [4.69, 9.17) is 4.74 Å². The zero-order valence-electron chi connectivity index (χ0n) is 20.0. The fourth-order valence-electron chi connectivity index (χ4n) is 5.44. The number of carbonyl (C=O) groups excluding carboxylic acids is 3. The number of benzene rings is 2. The maximum absolute atomic E-state index is 15.3. The minimum Gasteiger partial charge on any atom is -0.442 e. The number of anilines is 2. The van der Waals surface area contributed by atoms with Gasteiger partial charge in [0.25, 0.3) is 5.91 Å². The van der Waals surface area contributed by atoms with Crippen LogP contribution < -0.4 is 15.1 Å². The summed E-state index contributed by atoms with van der Waals surface area (Å²) in [5.74, 6) is -1.41. The number of fused-ring (bicyclic) bond motifs is 1. The monoisotopic (exact) mass is 498 g/mol. The molecule has 3 saturated heterocycles. The van der Waals surface area contributed by atoms with E-state index in [9.17, 15) is 18.8 Å². The Morgan fingerprint density at radius 2 is 1.89 bits per heavy atom. The molecule has 36 heavy (non-hydrogen) atoms. The molecule has 0 aromatic heterocycles. The van der Waals surface area contributed by atoms with Gasteiger partial charge in [-0.1, -0.05) is 12.1 Å². The molecule has 2 aromatic rings. The molecule has 3 amide bonds. The lowest BCUT2D eigenvalue weighted by Crippen LogP contribution is -2.48. The number of cyclic esters (lactones) is 1. The summed E-state index contributed by atoms with van der Waals surface area (Å²) in [4.78, 5) is 41.5. The van der Waals surface area contributed by atoms with Gasteiger partial charge in [-0.15, -0.1) is 0 Å². The molecule has 0 saturated carbocycles. The van der Waals surface area contributed by atoms with Crippen LogP contribution in [0.3, 0.4) is 0 Å². The molecule has 2 aromatic carbocycles. The Bertz CT molecular complexity index is 1190. The van der Waals surface area contributed by atoms with Crippen LogP contribution in [0.2, 0.25) is 0 Å². The lowest BCUT2D eigenvalue weighted by molar-refractivity contribution is -0.119. The Morgan fingerprint density at radius 1 is 1.08 bits per heavy atom. The summed E-state index contributed by atoms with van der Waals surface area (Å²) >= 11 is 0. The van der Waals surface area contributed by atoms with Gasteiger partial charge in [0.2, 0.25) is 5.91 Å². The Hall–Kier alpha value is -3.69. The first-order valence-electron chi connectivity index (χ1n) is 12.1. The maximum atomic E-state index is 15.3. The van der Waals surface area contributed by atoms with Gasteiger partial charge < -0.3 is 19.9 Å². The van der Waals surface area contributed by atoms with Crippen LogP contribution in [0.5, 0.6) is 0 Å². The van der Waals surface area contributed by atoms with Gasteiger partial charge in [0.1, 0.15) is 17.7 Å². The average Bonchev–Trinajstić information content (AvgIpc) is 3.45. The number of nitrogens with zero attached hydrogens (tertiary/aromatic N) is 3. The van der Waals surface area contributed by atoms with Crippen molar-refractivity contribution in [2.75, 3.05) is 42.5 Å².